The third-order valence-corrected chi connectivity index (χ3v) is 3.88. The molecule has 0 radical (unpaired) electrons. The summed E-state index contributed by atoms with van der Waals surface area (Å²) in [5.74, 6) is 0. The van der Waals surface area contributed by atoms with E-state index in [1.807, 2.05) is 37.3 Å². The fourth-order valence-electron chi connectivity index (χ4n) is 2.60. The minimum absolute atomic E-state index is 0.0214. The summed E-state index contributed by atoms with van der Waals surface area (Å²) >= 11 is 0. The second kappa shape index (κ2) is 7.31. The van der Waals surface area contributed by atoms with Crippen molar-refractivity contribution in [2.24, 2.45) is 0 Å². The lowest BCUT2D eigenvalue weighted by Crippen LogP contribution is -2.18. The van der Waals surface area contributed by atoms with Gasteiger partial charge < -0.3 is 13.9 Å². The quantitative estimate of drug-likeness (QED) is 0.738. The Bertz CT molecular complexity index is 978. The van der Waals surface area contributed by atoms with Crippen LogP contribution in [0.3, 0.4) is 0 Å². The van der Waals surface area contributed by atoms with Gasteiger partial charge in [-0.15, -0.1) is 0 Å². The van der Waals surface area contributed by atoms with E-state index in [0.717, 1.165) is 5.56 Å². The van der Waals surface area contributed by atoms with Gasteiger partial charge in [-0.1, -0.05) is 37.3 Å². The summed E-state index contributed by atoms with van der Waals surface area (Å²) in [5.41, 5.74) is 0.539. The topological polar surface area (TPSA) is 94.4 Å². The number of fused-ring (bicyclic) bond motifs is 1. The van der Waals surface area contributed by atoms with Crippen molar-refractivity contribution in [3.05, 3.63) is 68.3 Å². The Morgan fingerprint density at radius 1 is 1.24 bits per heavy atom. The average molecular weight is 342 g/mol. The Morgan fingerprint density at radius 3 is 2.68 bits per heavy atom. The highest BCUT2D eigenvalue weighted by molar-refractivity contribution is 5.75. The first kappa shape index (κ1) is 16.9. The summed E-state index contributed by atoms with van der Waals surface area (Å²) in [5, 5.41) is 0.265. The van der Waals surface area contributed by atoms with E-state index < -0.39 is 11.2 Å². The van der Waals surface area contributed by atoms with Crippen LogP contribution in [0, 0.1) is 0 Å². The second-order valence-electron chi connectivity index (χ2n) is 5.44. The monoisotopic (exact) mass is 342 g/mol. The third-order valence-electron chi connectivity index (χ3n) is 3.88. The molecule has 0 saturated carbocycles. The molecule has 0 bridgehead atoms. The van der Waals surface area contributed by atoms with Crippen LogP contribution in [0.25, 0.3) is 11.1 Å². The number of hydrogen-bond acceptors (Lipinski definition) is 6. The Hall–Kier alpha value is -2.93. The number of ether oxygens (including phenoxy) is 2. The van der Waals surface area contributed by atoms with Crippen LogP contribution in [0.15, 0.2) is 50.4 Å². The molecule has 130 valence electrons. The predicted molar refractivity (Wildman–Crippen MR) is 92.0 cm³/mol. The molecule has 25 heavy (non-hydrogen) atoms. The maximum Gasteiger partial charge on any atom is 0.337 e. The number of nitrogens with zero attached hydrogens (tertiary/aromatic N) is 1. The zero-order valence-electron chi connectivity index (χ0n) is 13.9. The van der Waals surface area contributed by atoms with Gasteiger partial charge >= 0.3 is 5.63 Å². The van der Waals surface area contributed by atoms with Crippen molar-refractivity contribution in [3.8, 4) is 6.01 Å². The molecule has 0 fully saturated rings. The van der Waals surface area contributed by atoms with Gasteiger partial charge in [0.25, 0.3) is 11.6 Å². The van der Waals surface area contributed by atoms with Crippen molar-refractivity contribution in [2.45, 2.75) is 19.4 Å². The first-order chi connectivity index (χ1) is 12.1. The molecule has 0 unspecified atom stereocenters. The highest BCUT2D eigenvalue weighted by atomic mass is 16.5. The number of aryl methyl sites for hydroxylation is 1. The van der Waals surface area contributed by atoms with Crippen LogP contribution in [0.5, 0.6) is 6.01 Å². The second-order valence-corrected chi connectivity index (χ2v) is 5.44. The van der Waals surface area contributed by atoms with Gasteiger partial charge in [-0.3, -0.25) is 9.78 Å². The first-order valence-corrected chi connectivity index (χ1v) is 7.90. The van der Waals surface area contributed by atoms with Crippen molar-refractivity contribution in [3.63, 3.8) is 0 Å². The normalized spacial score (nSPS) is 12.2. The lowest BCUT2D eigenvalue weighted by atomic mass is 10.1. The van der Waals surface area contributed by atoms with E-state index in [0.29, 0.717) is 12.0 Å². The molecule has 0 saturated heterocycles. The molecule has 3 aromatic rings. The van der Waals surface area contributed by atoms with Crippen LogP contribution in [0.1, 0.15) is 24.2 Å². The van der Waals surface area contributed by atoms with Crippen LogP contribution in [0.2, 0.25) is 0 Å². The Morgan fingerprint density at radius 2 is 2.00 bits per heavy atom. The highest BCUT2D eigenvalue weighted by Crippen LogP contribution is 2.18. The molecule has 2 heterocycles. The van der Waals surface area contributed by atoms with Gasteiger partial charge in [-0.2, -0.15) is 4.98 Å². The van der Waals surface area contributed by atoms with Crippen molar-refractivity contribution in [1.82, 2.24) is 9.97 Å². The van der Waals surface area contributed by atoms with Crippen molar-refractivity contribution in [2.75, 3.05) is 13.7 Å². The van der Waals surface area contributed by atoms with E-state index in [2.05, 4.69) is 9.97 Å². The van der Waals surface area contributed by atoms with Crippen LogP contribution < -0.4 is 15.9 Å². The lowest BCUT2D eigenvalue weighted by molar-refractivity contribution is 0.0541. The maximum absolute atomic E-state index is 12.3. The Labute approximate surface area is 143 Å². The van der Waals surface area contributed by atoms with Gasteiger partial charge in [0.1, 0.15) is 18.1 Å². The number of benzene rings is 1. The van der Waals surface area contributed by atoms with Gasteiger partial charge in [0, 0.05) is 13.2 Å². The van der Waals surface area contributed by atoms with E-state index in [1.165, 1.54) is 6.07 Å². The zero-order valence-corrected chi connectivity index (χ0v) is 13.9. The number of nitrogens with one attached hydrogen (secondary N) is 1. The largest absolute Gasteiger partial charge is 0.462 e. The van der Waals surface area contributed by atoms with Gasteiger partial charge in [0.15, 0.2) is 0 Å². The van der Waals surface area contributed by atoms with Crippen molar-refractivity contribution >= 4 is 11.1 Å². The zero-order chi connectivity index (χ0) is 17.8. The Kier molecular flexibility index (Phi) is 4.95. The SMILES string of the molecule is CCc1cc(=O)oc2nc(OC[C@@H](OC)c3ccccc3)[nH]c(=O)c12. The van der Waals surface area contributed by atoms with Gasteiger partial charge in [-0.25, -0.2) is 4.79 Å². The van der Waals surface area contributed by atoms with E-state index in [1.54, 1.807) is 7.11 Å². The molecule has 1 N–H and O–H groups in total. The molecule has 7 heteroatoms. The minimum Gasteiger partial charge on any atom is -0.462 e. The number of rotatable bonds is 6. The van der Waals surface area contributed by atoms with Gasteiger partial charge in [-0.05, 0) is 17.5 Å². The number of H-pyrrole nitrogens is 1. The molecule has 0 spiro atoms. The molecular weight excluding hydrogens is 324 g/mol. The average Bonchev–Trinajstić information content (AvgIpc) is 2.62. The maximum atomic E-state index is 12.3. The van der Waals surface area contributed by atoms with E-state index >= 15 is 0 Å². The molecule has 2 aromatic heterocycles. The molecule has 3 rings (SSSR count). The molecular formula is C18H18N2O5. The van der Waals surface area contributed by atoms with E-state index in [-0.39, 0.29) is 29.8 Å². The Balaban J connectivity index is 1.89. The van der Waals surface area contributed by atoms with Crippen molar-refractivity contribution in [1.29, 1.82) is 0 Å². The first-order valence-electron chi connectivity index (χ1n) is 7.90. The van der Waals surface area contributed by atoms with Crippen LogP contribution >= 0.6 is 0 Å². The van der Waals surface area contributed by atoms with Crippen LogP contribution in [-0.2, 0) is 11.2 Å². The van der Waals surface area contributed by atoms with E-state index in [9.17, 15) is 9.59 Å². The third kappa shape index (κ3) is 3.61. The molecule has 0 aliphatic heterocycles. The minimum atomic E-state index is -0.549. The van der Waals surface area contributed by atoms with Crippen LogP contribution in [-0.4, -0.2) is 23.7 Å². The smallest absolute Gasteiger partial charge is 0.337 e. The fraction of sp³-hybridized carbons (Fsp3) is 0.278. The van der Waals surface area contributed by atoms with Gasteiger partial charge in [0.2, 0.25) is 5.71 Å². The highest BCUT2D eigenvalue weighted by Gasteiger charge is 2.15. The van der Waals surface area contributed by atoms with Gasteiger partial charge in [0.05, 0.1) is 0 Å². The number of aromatic nitrogens is 2. The number of methoxy groups -OCH3 is 1. The lowest BCUT2D eigenvalue weighted by Gasteiger charge is -2.16. The molecule has 0 aliphatic carbocycles. The van der Waals surface area contributed by atoms with Crippen LogP contribution in [0.4, 0.5) is 0 Å². The molecule has 0 aliphatic rings. The predicted octanol–water partition coefficient (Wildman–Crippen LogP) is 2.21. The number of aromatic amines is 1. The van der Waals surface area contributed by atoms with Crippen molar-refractivity contribution < 1.29 is 13.9 Å². The standard InChI is InChI=1S/C18H18N2O5/c1-3-11-9-14(21)25-17-15(11)16(22)19-18(20-17)24-10-13(23-2)12-7-5-4-6-8-12/h4-9,13H,3,10H2,1-2H3,(H,19,20,22)/t13-/m1/s1. The molecule has 1 aromatic carbocycles. The molecule has 1 atom stereocenters. The summed E-state index contributed by atoms with van der Waals surface area (Å²) < 4.78 is 16.0. The summed E-state index contributed by atoms with van der Waals surface area (Å²) in [7, 11) is 1.57. The number of hydrogen-bond donors (Lipinski definition) is 1. The molecule has 7 nitrogen and oxygen atoms in total. The summed E-state index contributed by atoms with van der Waals surface area (Å²) in [4.78, 5) is 30.6. The molecule has 0 amide bonds. The van der Waals surface area contributed by atoms with E-state index in [4.69, 9.17) is 13.9 Å². The summed E-state index contributed by atoms with van der Waals surface area (Å²) in [6.45, 7) is 1.99. The summed E-state index contributed by atoms with van der Waals surface area (Å²) in [6.07, 6.45) is 0.198. The fourth-order valence-corrected chi connectivity index (χ4v) is 2.60. The summed E-state index contributed by atoms with van der Waals surface area (Å²) in [6, 6.07) is 10.8.